The molecule has 1 saturated heterocycles. The second-order valence-electron chi connectivity index (χ2n) is 1.73. The average Bonchev–Trinajstić information content (AvgIpc) is 2.19. The van der Waals surface area contributed by atoms with Crippen molar-refractivity contribution in [2.75, 3.05) is 6.54 Å². The second kappa shape index (κ2) is 1.00. The Morgan fingerprint density at radius 2 is 2.50 bits per heavy atom. The summed E-state index contributed by atoms with van der Waals surface area (Å²) in [4.78, 5) is 2.18. The summed E-state index contributed by atoms with van der Waals surface area (Å²) in [6, 6.07) is 0.780. The summed E-state index contributed by atoms with van der Waals surface area (Å²) in [5.41, 5.74) is 0. The first-order valence-electron chi connectivity index (χ1n) is 2.23. The lowest BCUT2D eigenvalue weighted by Crippen LogP contribution is -1.82. The predicted molar refractivity (Wildman–Crippen MR) is 26.4 cm³/mol. The van der Waals surface area contributed by atoms with Gasteiger partial charge in [0.15, 0.2) is 0 Å². The van der Waals surface area contributed by atoms with Crippen LogP contribution in [0.2, 0.25) is 0 Å². The maximum absolute atomic E-state index is 3.60. The van der Waals surface area contributed by atoms with Gasteiger partial charge in [0, 0.05) is 12.6 Å². The van der Waals surface area contributed by atoms with E-state index in [0.717, 1.165) is 6.04 Å². The topological polar surface area (TPSA) is 3.01 Å². The number of hydrogen-bond donors (Lipinski definition) is 0. The van der Waals surface area contributed by atoms with Crippen molar-refractivity contribution in [1.82, 2.24) is 4.90 Å². The van der Waals surface area contributed by atoms with Crippen molar-refractivity contribution in [3.8, 4) is 0 Å². The van der Waals surface area contributed by atoms with Gasteiger partial charge in [-0.3, -0.25) is 0 Å². The van der Waals surface area contributed by atoms with Gasteiger partial charge in [-0.1, -0.05) is 6.58 Å². The molecule has 1 atom stereocenters. The highest BCUT2D eigenvalue weighted by atomic mass is 15.3. The van der Waals surface area contributed by atoms with Crippen LogP contribution < -0.4 is 0 Å². The Morgan fingerprint density at radius 3 is 2.50 bits per heavy atom. The van der Waals surface area contributed by atoms with Crippen LogP contribution in [0.1, 0.15) is 6.92 Å². The molecule has 0 aromatic heterocycles. The van der Waals surface area contributed by atoms with Crippen LogP contribution in [0.5, 0.6) is 0 Å². The highest BCUT2D eigenvalue weighted by molar-refractivity contribution is 4.91. The van der Waals surface area contributed by atoms with Crippen LogP contribution in [0, 0.1) is 0 Å². The van der Waals surface area contributed by atoms with E-state index in [1.54, 1.807) is 0 Å². The molecule has 0 aromatic rings. The van der Waals surface area contributed by atoms with Gasteiger partial charge in [-0.15, -0.1) is 0 Å². The van der Waals surface area contributed by atoms with Crippen LogP contribution in [0.15, 0.2) is 12.8 Å². The van der Waals surface area contributed by atoms with E-state index in [-0.39, 0.29) is 0 Å². The van der Waals surface area contributed by atoms with Gasteiger partial charge in [-0.2, -0.15) is 0 Å². The number of hydrogen-bond acceptors (Lipinski definition) is 1. The Morgan fingerprint density at radius 1 is 2.00 bits per heavy atom. The van der Waals surface area contributed by atoms with E-state index >= 15 is 0 Å². The lowest BCUT2D eigenvalue weighted by molar-refractivity contribution is 0.705. The van der Waals surface area contributed by atoms with Crippen LogP contribution in [0.3, 0.4) is 0 Å². The molecular formula is C5H9N. The molecule has 1 heterocycles. The highest BCUT2D eigenvalue weighted by Crippen LogP contribution is 2.14. The minimum atomic E-state index is 0.780. The monoisotopic (exact) mass is 83.1 g/mol. The van der Waals surface area contributed by atoms with Gasteiger partial charge in [-0.05, 0) is 13.1 Å². The average molecular weight is 83.1 g/mol. The number of rotatable bonds is 1. The first kappa shape index (κ1) is 3.72. The van der Waals surface area contributed by atoms with Gasteiger partial charge < -0.3 is 4.90 Å². The first-order valence-corrected chi connectivity index (χ1v) is 2.23. The van der Waals surface area contributed by atoms with E-state index < -0.39 is 0 Å². The molecule has 34 valence electrons. The number of nitrogens with zero attached hydrogens (tertiary/aromatic N) is 1. The van der Waals surface area contributed by atoms with E-state index in [0.29, 0.717) is 0 Å². The van der Waals surface area contributed by atoms with Crippen molar-refractivity contribution in [2.45, 2.75) is 13.0 Å². The molecule has 0 aromatic carbocycles. The summed E-state index contributed by atoms with van der Waals surface area (Å²) in [6.07, 6.45) is 1.88. The molecule has 1 aliphatic heterocycles. The van der Waals surface area contributed by atoms with E-state index in [9.17, 15) is 0 Å². The van der Waals surface area contributed by atoms with Crippen LogP contribution in [-0.4, -0.2) is 17.5 Å². The molecule has 1 aliphatic rings. The molecular weight excluding hydrogens is 74.1 g/mol. The van der Waals surface area contributed by atoms with Crippen LogP contribution in [0.4, 0.5) is 0 Å². The van der Waals surface area contributed by atoms with E-state index in [1.165, 1.54) is 6.54 Å². The zero-order valence-electron chi connectivity index (χ0n) is 4.02. The summed E-state index contributed by atoms with van der Waals surface area (Å²) in [7, 11) is 0. The predicted octanol–water partition coefficient (Wildman–Crippen LogP) is 0.834. The van der Waals surface area contributed by atoms with Crippen molar-refractivity contribution in [3.05, 3.63) is 12.8 Å². The molecule has 1 fully saturated rings. The molecule has 0 N–H and O–H groups in total. The van der Waals surface area contributed by atoms with Crippen LogP contribution >= 0.6 is 0 Å². The van der Waals surface area contributed by atoms with Crippen LogP contribution in [0.25, 0.3) is 0 Å². The third kappa shape index (κ3) is 0.402. The molecule has 0 saturated carbocycles. The van der Waals surface area contributed by atoms with Crippen molar-refractivity contribution in [2.24, 2.45) is 0 Å². The van der Waals surface area contributed by atoms with Gasteiger partial charge in [0.1, 0.15) is 0 Å². The molecule has 0 radical (unpaired) electrons. The third-order valence-corrected chi connectivity index (χ3v) is 1.14. The molecule has 1 unspecified atom stereocenters. The van der Waals surface area contributed by atoms with Gasteiger partial charge in [0.05, 0.1) is 0 Å². The Labute approximate surface area is 38.3 Å². The maximum Gasteiger partial charge on any atom is 0.0432 e. The molecule has 0 bridgehead atoms. The second-order valence-corrected chi connectivity index (χ2v) is 1.73. The fourth-order valence-corrected chi connectivity index (χ4v) is 0.512. The quantitative estimate of drug-likeness (QED) is 0.424. The van der Waals surface area contributed by atoms with Crippen molar-refractivity contribution in [1.29, 1.82) is 0 Å². The third-order valence-electron chi connectivity index (χ3n) is 1.14. The van der Waals surface area contributed by atoms with Crippen molar-refractivity contribution >= 4 is 0 Å². The SMILES string of the molecule is C=CN1CC1C. The Balaban J connectivity index is 2.25. The summed E-state index contributed by atoms with van der Waals surface area (Å²) >= 11 is 0. The van der Waals surface area contributed by atoms with Gasteiger partial charge in [0.2, 0.25) is 0 Å². The molecule has 0 aliphatic carbocycles. The fourth-order valence-electron chi connectivity index (χ4n) is 0.512. The summed E-state index contributed by atoms with van der Waals surface area (Å²) in [5.74, 6) is 0. The zero-order chi connectivity index (χ0) is 4.57. The lowest BCUT2D eigenvalue weighted by atomic mass is 10.6. The normalized spacial score (nSPS) is 30.2. The van der Waals surface area contributed by atoms with Crippen LogP contribution in [-0.2, 0) is 0 Å². The molecule has 1 nitrogen and oxygen atoms in total. The summed E-state index contributed by atoms with van der Waals surface area (Å²) in [6.45, 7) is 6.99. The summed E-state index contributed by atoms with van der Waals surface area (Å²) < 4.78 is 0. The highest BCUT2D eigenvalue weighted by Gasteiger charge is 2.23. The molecule has 0 amide bonds. The molecule has 1 rings (SSSR count). The lowest BCUT2D eigenvalue weighted by Gasteiger charge is -1.83. The van der Waals surface area contributed by atoms with Gasteiger partial charge in [0.25, 0.3) is 0 Å². The van der Waals surface area contributed by atoms with Gasteiger partial charge in [-0.25, -0.2) is 0 Å². The largest absolute Gasteiger partial charge is 0.371 e. The van der Waals surface area contributed by atoms with E-state index in [1.807, 2.05) is 6.20 Å². The van der Waals surface area contributed by atoms with Crippen molar-refractivity contribution in [3.63, 3.8) is 0 Å². The zero-order valence-corrected chi connectivity index (χ0v) is 4.02. The fraction of sp³-hybridized carbons (Fsp3) is 0.600. The standard InChI is InChI=1S/C5H9N/c1-3-6-4-5(6)2/h3,5H,1,4H2,2H3. The molecule has 0 spiro atoms. The Bertz CT molecular complexity index is 68.3. The molecule has 6 heavy (non-hydrogen) atoms. The maximum atomic E-state index is 3.60. The minimum Gasteiger partial charge on any atom is -0.371 e. The van der Waals surface area contributed by atoms with E-state index in [4.69, 9.17) is 0 Å². The minimum absolute atomic E-state index is 0.780. The molecule has 1 heteroatoms. The van der Waals surface area contributed by atoms with E-state index in [2.05, 4.69) is 18.4 Å². The summed E-state index contributed by atoms with van der Waals surface area (Å²) in [5, 5.41) is 0. The van der Waals surface area contributed by atoms with Gasteiger partial charge >= 0.3 is 0 Å². The van der Waals surface area contributed by atoms with Crippen molar-refractivity contribution < 1.29 is 0 Å². The smallest absolute Gasteiger partial charge is 0.0432 e. The Kier molecular flexibility index (Phi) is 0.621. The Hall–Kier alpha value is -0.460. The first-order chi connectivity index (χ1) is 2.84.